The summed E-state index contributed by atoms with van der Waals surface area (Å²) in [6, 6.07) is 10.1. The van der Waals surface area contributed by atoms with E-state index in [4.69, 9.17) is 22.1 Å². The Bertz CT molecular complexity index is 750. The number of nitrogens with two attached hydrogens (primary N) is 1. The zero-order valence-corrected chi connectivity index (χ0v) is 13.6. The third kappa shape index (κ3) is 4.70. The van der Waals surface area contributed by atoms with Gasteiger partial charge in [0, 0.05) is 17.3 Å². The van der Waals surface area contributed by atoms with Gasteiger partial charge in [-0.15, -0.1) is 0 Å². The van der Waals surface area contributed by atoms with E-state index in [1.54, 1.807) is 12.1 Å². The first-order valence-corrected chi connectivity index (χ1v) is 7.53. The number of carbonyl (C=O) groups excluding carboxylic acids is 2. The average molecular weight is 351 g/mol. The number of hydrogen-bond acceptors (Lipinski definition) is 4. The van der Waals surface area contributed by atoms with E-state index in [0.29, 0.717) is 5.02 Å². The van der Waals surface area contributed by atoms with Gasteiger partial charge in [0.15, 0.2) is 6.10 Å². The molecular weight excluding hydrogens is 335 g/mol. The van der Waals surface area contributed by atoms with E-state index >= 15 is 0 Å². The molecule has 0 bridgehead atoms. The zero-order chi connectivity index (χ0) is 17.7. The Morgan fingerprint density at radius 1 is 1.25 bits per heavy atom. The molecule has 0 heterocycles. The number of rotatable bonds is 5. The zero-order valence-electron chi connectivity index (χ0n) is 12.9. The van der Waals surface area contributed by atoms with Crippen molar-refractivity contribution >= 4 is 29.2 Å². The van der Waals surface area contributed by atoms with Gasteiger partial charge in [-0.05, 0) is 42.8 Å². The van der Waals surface area contributed by atoms with Crippen molar-refractivity contribution in [2.45, 2.75) is 19.6 Å². The first kappa shape index (κ1) is 17.7. The molecule has 126 valence electrons. The largest absolute Gasteiger partial charge is 0.449 e. The fourth-order valence-corrected chi connectivity index (χ4v) is 2.11. The minimum Gasteiger partial charge on any atom is -0.449 e. The highest BCUT2D eigenvalue weighted by Gasteiger charge is 2.20. The quantitative estimate of drug-likeness (QED) is 0.641. The Morgan fingerprint density at radius 2 is 1.92 bits per heavy atom. The molecule has 0 unspecified atom stereocenters. The molecular formula is C17H16ClFN2O3. The Morgan fingerprint density at radius 3 is 2.54 bits per heavy atom. The molecule has 1 amide bonds. The minimum absolute atomic E-state index is 0.137. The van der Waals surface area contributed by atoms with Gasteiger partial charge in [-0.1, -0.05) is 23.7 Å². The summed E-state index contributed by atoms with van der Waals surface area (Å²) < 4.78 is 17.9. The molecule has 1 atom stereocenters. The fraction of sp³-hybridized carbons (Fsp3) is 0.176. The number of anilines is 1. The molecule has 0 saturated carbocycles. The number of nitrogens with one attached hydrogen (secondary N) is 1. The smallest absolute Gasteiger partial charge is 0.341 e. The summed E-state index contributed by atoms with van der Waals surface area (Å²) in [5.74, 6) is -1.54. The molecule has 2 rings (SSSR count). The normalized spacial score (nSPS) is 11.6. The lowest BCUT2D eigenvalue weighted by atomic mass is 10.2. The van der Waals surface area contributed by atoms with Crippen molar-refractivity contribution in [1.29, 1.82) is 0 Å². The maximum Gasteiger partial charge on any atom is 0.341 e. The summed E-state index contributed by atoms with van der Waals surface area (Å²) in [7, 11) is 0. The fourth-order valence-electron chi connectivity index (χ4n) is 1.93. The maximum absolute atomic E-state index is 12.8. The summed E-state index contributed by atoms with van der Waals surface area (Å²) in [4.78, 5) is 24.0. The topological polar surface area (TPSA) is 81.4 Å². The Kier molecular flexibility index (Phi) is 5.76. The van der Waals surface area contributed by atoms with E-state index in [0.717, 1.165) is 5.56 Å². The SMILES string of the molecule is C[C@@H](OC(=O)c1ccc(Cl)cc1N)C(=O)NCc1ccc(F)cc1. The molecule has 0 aliphatic carbocycles. The summed E-state index contributed by atoms with van der Waals surface area (Å²) >= 11 is 5.77. The second-order valence-corrected chi connectivity index (χ2v) is 5.56. The summed E-state index contributed by atoms with van der Waals surface area (Å²) in [6.07, 6.45) is -1.01. The third-order valence-corrected chi connectivity index (χ3v) is 3.50. The second kappa shape index (κ2) is 7.79. The van der Waals surface area contributed by atoms with Crippen LogP contribution in [-0.2, 0) is 16.1 Å². The van der Waals surface area contributed by atoms with E-state index in [2.05, 4.69) is 5.32 Å². The Hall–Kier alpha value is -2.60. The van der Waals surface area contributed by atoms with Gasteiger partial charge in [0.1, 0.15) is 5.82 Å². The van der Waals surface area contributed by atoms with E-state index in [1.165, 1.54) is 37.3 Å². The molecule has 0 saturated heterocycles. The van der Waals surface area contributed by atoms with Crippen molar-refractivity contribution in [1.82, 2.24) is 5.32 Å². The average Bonchev–Trinajstić information content (AvgIpc) is 2.53. The molecule has 0 spiro atoms. The summed E-state index contributed by atoms with van der Waals surface area (Å²) in [6.45, 7) is 1.65. The molecule has 2 aromatic carbocycles. The molecule has 7 heteroatoms. The number of ether oxygens (including phenoxy) is 1. The first-order valence-electron chi connectivity index (χ1n) is 7.15. The van der Waals surface area contributed by atoms with Crippen molar-refractivity contribution in [3.8, 4) is 0 Å². The highest BCUT2D eigenvalue weighted by molar-refractivity contribution is 6.31. The molecule has 0 fully saturated rings. The number of nitrogen functional groups attached to an aromatic ring is 1. The van der Waals surface area contributed by atoms with Crippen molar-refractivity contribution in [2.75, 3.05) is 5.73 Å². The van der Waals surface area contributed by atoms with Crippen molar-refractivity contribution in [3.63, 3.8) is 0 Å². The lowest BCUT2D eigenvalue weighted by Gasteiger charge is -2.14. The van der Waals surface area contributed by atoms with Crippen LogP contribution >= 0.6 is 11.6 Å². The standard InChI is InChI=1S/C17H16ClFN2O3/c1-10(16(22)21-9-11-2-5-13(19)6-3-11)24-17(23)14-7-4-12(18)8-15(14)20/h2-8,10H,9,20H2,1H3,(H,21,22)/t10-/m1/s1. The van der Waals surface area contributed by atoms with Crippen LogP contribution in [0.1, 0.15) is 22.8 Å². The van der Waals surface area contributed by atoms with Gasteiger partial charge in [-0.2, -0.15) is 0 Å². The van der Waals surface area contributed by atoms with Crippen LogP contribution in [0.2, 0.25) is 5.02 Å². The molecule has 0 radical (unpaired) electrons. The molecule has 2 aromatic rings. The van der Waals surface area contributed by atoms with Crippen molar-refractivity contribution in [3.05, 3.63) is 64.4 Å². The van der Waals surface area contributed by atoms with Gasteiger partial charge in [-0.3, -0.25) is 4.79 Å². The van der Waals surface area contributed by atoms with E-state index < -0.39 is 18.0 Å². The number of halogens is 2. The highest BCUT2D eigenvalue weighted by Crippen LogP contribution is 2.19. The molecule has 24 heavy (non-hydrogen) atoms. The van der Waals surface area contributed by atoms with Gasteiger partial charge in [0.25, 0.3) is 5.91 Å². The Balaban J connectivity index is 1.90. The van der Waals surface area contributed by atoms with Gasteiger partial charge >= 0.3 is 5.97 Å². The predicted octanol–water partition coefficient (Wildman–Crippen LogP) is 2.92. The van der Waals surface area contributed by atoms with Crippen LogP contribution in [0.4, 0.5) is 10.1 Å². The molecule has 5 nitrogen and oxygen atoms in total. The van der Waals surface area contributed by atoms with Gasteiger partial charge < -0.3 is 15.8 Å². The van der Waals surface area contributed by atoms with Crippen LogP contribution in [-0.4, -0.2) is 18.0 Å². The van der Waals surface area contributed by atoms with Gasteiger partial charge in [0.05, 0.1) is 5.56 Å². The highest BCUT2D eigenvalue weighted by atomic mass is 35.5. The first-order chi connectivity index (χ1) is 11.4. The van der Waals surface area contributed by atoms with Crippen molar-refractivity contribution in [2.24, 2.45) is 0 Å². The number of esters is 1. The van der Waals surface area contributed by atoms with Crippen LogP contribution in [0.25, 0.3) is 0 Å². The van der Waals surface area contributed by atoms with Crippen molar-refractivity contribution < 1.29 is 18.7 Å². The summed E-state index contributed by atoms with van der Waals surface area (Å²) in [5, 5.41) is 3.01. The monoisotopic (exact) mass is 350 g/mol. The summed E-state index contributed by atoms with van der Waals surface area (Å²) in [5.41, 5.74) is 6.74. The van der Waals surface area contributed by atoms with E-state index in [9.17, 15) is 14.0 Å². The van der Waals surface area contributed by atoms with Gasteiger partial charge in [-0.25, -0.2) is 9.18 Å². The maximum atomic E-state index is 12.8. The minimum atomic E-state index is -1.01. The lowest BCUT2D eigenvalue weighted by Crippen LogP contribution is -2.35. The van der Waals surface area contributed by atoms with E-state index in [1.807, 2.05) is 0 Å². The number of carbonyl (C=O) groups is 2. The van der Waals surface area contributed by atoms with Crippen LogP contribution in [0.5, 0.6) is 0 Å². The molecule has 3 N–H and O–H groups in total. The van der Waals surface area contributed by atoms with Crippen LogP contribution < -0.4 is 11.1 Å². The van der Waals surface area contributed by atoms with Gasteiger partial charge in [0.2, 0.25) is 0 Å². The van der Waals surface area contributed by atoms with Crippen LogP contribution in [0, 0.1) is 5.82 Å². The second-order valence-electron chi connectivity index (χ2n) is 5.12. The van der Waals surface area contributed by atoms with Crippen LogP contribution in [0.15, 0.2) is 42.5 Å². The Labute approximate surface area is 143 Å². The molecule has 0 aromatic heterocycles. The molecule has 0 aliphatic heterocycles. The third-order valence-electron chi connectivity index (χ3n) is 3.27. The number of amides is 1. The predicted molar refractivity (Wildman–Crippen MR) is 89.0 cm³/mol. The number of benzene rings is 2. The lowest BCUT2D eigenvalue weighted by molar-refractivity contribution is -0.129. The number of hydrogen-bond donors (Lipinski definition) is 2. The molecule has 0 aliphatic rings. The van der Waals surface area contributed by atoms with Crippen LogP contribution in [0.3, 0.4) is 0 Å². The van der Waals surface area contributed by atoms with E-state index in [-0.39, 0.29) is 23.6 Å².